The van der Waals surface area contributed by atoms with E-state index in [9.17, 15) is 9.59 Å². The lowest BCUT2D eigenvalue weighted by molar-refractivity contribution is -0.122. The predicted molar refractivity (Wildman–Crippen MR) is 123 cm³/mol. The Morgan fingerprint density at radius 2 is 2.04 bits per heavy atom. The highest BCUT2D eigenvalue weighted by molar-refractivity contribution is 9.10. The number of carbonyl (C=O) groups is 2. The first-order valence-electron chi connectivity index (χ1n) is 8.49. The standard InChI is InChI=1S/C20H16BrClN2O2S2/c21-14-6-3-7-15(12-14)23-18(25)9-4-10-24-19(26)17(28-20(24)27)11-13-5-1-2-8-16(13)22/h1-3,5-8,11-12H,4,9-10H2,(H,23,25)/b17-11+. The van der Waals surface area contributed by atoms with Crippen LogP contribution >= 0.6 is 51.5 Å². The van der Waals surface area contributed by atoms with Gasteiger partial charge in [-0.15, -0.1) is 0 Å². The molecule has 0 atom stereocenters. The van der Waals surface area contributed by atoms with E-state index < -0.39 is 0 Å². The van der Waals surface area contributed by atoms with Gasteiger partial charge >= 0.3 is 0 Å². The highest BCUT2D eigenvalue weighted by Gasteiger charge is 2.31. The molecule has 28 heavy (non-hydrogen) atoms. The molecule has 1 aliphatic rings. The molecule has 3 rings (SSSR count). The number of anilines is 1. The average molecular weight is 496 g/mol. The van der Waals surface area contributed by atoms with Gasteiger partial charge in [-0.05, 0) is 42.3 Å². The van der Waals surface area contributed by atoms with Crippen LogP contribution < -0.4 is 5.32 Å². The molecule has 1 saturated heterocycles. The molecular formula is C20H16BrClN2O2S2. The van der Waals surface area contributed by atoms with Crippen LogP contribution in [-0.2, 0) is 9.59 Å². The van der Waals surface area contributed by atoms with Crippen LogP contribution in [0.5, 0.6) is 0 Å². The predicted octanol–water partition coefficient (Wildman–Crippen LogP) is 5.72. The maximum absolute atomic E-state index is 12.6. The number of halogens is 2. The summed E-state index contributed by atoms with van der Waals surface area (Å²) in [4.78, 5) is 26.8. The zero-order chi connectivity index (χ0) is 20.1. The molecule has 1 N–H and O–H groups in total. The van der Waals surface area contributed by atoms with E-state index in [1.54, 1.807) is 12.1 Å². The first-order chi connectivity index (χ1) is 13.4. The van der Waals surface area contributed by atoms with Gasteiger partial charge in [0.15, 0.2) is 0 Å². The molecule has 2 aromatic rings. The number of hydrogen-bond donors (Lipinski definition) is 1. The first kappa shape index (κ1) is 21.0. The molecule has 0 aliphatic carbocycles. The van der Waals surface area contributed by atoms with E-state index in [-0.39, 0.29) is 11.8 Å². The van der Waals surface area contributed by atoms with E-state index in [1.165, 1.54) is 16.7 Å². The van der Waals surface area contributed by atoms with Crippen LogP contribution in [0.2, 0.25) is 5.02 Å². The molecule has 1 fully saturated rings. The molecule has 144 valence electrons. The number of carbonyl (C=O) groups excluding carboxylic acids is 2. The van der Waals surface area contributed by atoms with Gasteiger partial charge in [-0.1, -0.05) is 75.8 Å². The maximum atomic E-state index is 12.6. The third kappa shape index (κ3) is 5.44. The fraction of sp³-hybridized carbons (Fsp3) is 0.150. The largest absolute Gasteiger partial charge is 0.326 e. The number of thioether (sulfide) groups is 1. The van der Waals surface area contributed by atoms with E-state index in [0.717, 1.165) is 15.7 Å². The Balaban J connectivity index is 1.55. The summed E-state index contributed by atoms with van der Waals surface area (Å²) in [6, 6.07) is 14.7. The van der Waals surface area contributed by atoms with Gasteiger partial charge in [0.05, 0.1) is 4.91 Å². The van der Waals surface area contributed by atoms with Crippen molar-refractivity contribution in [2.45, 2.75) is 12.8 Å². The third-order valence-electron chi connectivity index (χ3n) is 3.96. The zero-order valence-electron chi connectivity index (χ0n) is 14.7. The highest BCUT2D eigenvalue weighted by Crippen LogP contribution is 2.33. The van der Waals surface area contributed by atoms with Crippen LogP contribution in [0, 0.1) is 0 Å². The van der Waals surface area contributed by atoms with E-state index in [2.05, 4.69) is 21.2 Å². The van der Waals surface area contributed by atoms with Crippen molar-refractivity contribution in [1.82, 2.24) is 4.90 Å². The zero-order valence-corrected chi connectivity index (χ0v) is 18.6. The smallest absolute Gasteiger partial charge is 0.266 e. The first-order valence-corrected chi connectivity index (χ1v) is 10.9. The van der Waals surface area contributed by atoms with Crippen LogP contribution in [0.25, 0.3) is 6.08 Å². The van der Waals surface area contributed by atoms with Crippen LogP contribution in [0.3, 0.4) is 0 Å². The summed E-state index contributed by atoms with van der Waals surface area (Å²) < 4.78 is 1.39. The number of hydrogen-bond acceptors (Lipinski definition) is 4. The molecule has 0 bridgehead atoms. The molecule has 0 aromatic heterocycles. The van der Waals surface area contributed by atoms with Crippen molar-refractivity contribution in [3.63, 3.8) is 0 Å². The summed E-state index contributed by atoms with van der Waals surface area (Å²) in [6.45, 7) is 0.399. The summed E-state index contributed by atoms with van der Waals surface area (Å²) in [5.74, 6) is -0.252. The Morgan fingerprint density at radius 3 is 2.79 bits per heavy atom. The molecular weight excluding hydrogens is 480 g/mol. The topological polar surface area (TPSA) is 49.4 Å². The molecule has 0 saturated carbocycles. The Kier molecular flexibility index (Phi) is 7.29. The van der Waals surface area contributed by atoms with E-state index >= 15 is 0 Å². The third-order valence-corrected chi connectivity index (χ3v) is 6.17. The lowest BCUT2D eigenvalue weighted by atomic mass is 10.2. The molecule has 0 radical (unpaired) electrons. The minimum absolute atomic E-state index is 0.102. The van der Waals surface area contributed by atoms with Crippen molar-refractivity contribution in [3.8, 4) is 0 Å². The summed E-state index contributed by atoms with van der Waals surface area (Å²) in [5, 5.41) is 3.42. The fourth-order valence-corrected chi connectivity index (χ4v) is 4.50. The van der Waals surface area contributed by atoms with Gasteiger partial charge in [0.1, 0.15) is 4.32 Å². The number of rotatable bonds is 6. The van der Waals surface area contributed by atoms with E-state index in [4.69, 9.17) is 23.8 Å². The maximum Gasteiger partial charge on any atom is 0.266 e. The van der Waals surface area contributed by atoms with Gasteiger partial charge in [-0.2, -0.15) is 0 Å². The number of nitrogens with zero attached hydrogens (tertiary/aromatic N) is 1. The molecule has 4 nitrogen and oxygen atoms in total. The fourth-order valence-electron chi connectivity index (χ4n) is 2.61. The summed E-state index contributed by atoms with van der Waals surface area (Å²) in [6.07, 6.45) is 2.57. The molecule has 8 heteroatoms. The van der Waals surface area contributed by atoms with Crippen LogP contribution in [0.15, 0.2) is 57.9 Å². The molecule has 2 amide bonds. The van der Waals surface area contributed by atoms with Crippen molar-refractivity contribution in [1.29, 1.82) is 0 Å². The number of amides is 2. The number of thiocarbonyl (C=S) groups is 1. The Hall–Kier alpha value is -1.67. The second-order valence-corrected chi connectivity index (χ2v) is 9.02. The Bertz CT molecular complexity index is 965. The molecule has 0 spiro atoms. The van der Waals surface area contributed by atoms with Gasteiger partial charge in [-0.3, -0.25) is 14.5 Å². The van der Waals surface area contributed by atoms with Gasteiger partial charge in [0.2, 0.25) is 5.91 Å². The van der Waals surface area contributed by atoms with Crippen molar-refractivity contribution < 1.29 is 9.59 Å². The average Bonchev–Trinajstić information content (AvgIpc) is 2.91. The van der Waals surface area contributed by atoms with E-state index in [1.807, 2.05) is 42.5 Å². The summed E-state index contributed by atoms with van der Waals surface area (Å²) in [5.41, 5.74) is 1.51. The molecule has 1 heterocycles. The Labute approximate surface area is 186 Å². The minimum atomic E-state index is -0.151. The molecule has 2 aromatic carbocycles. The van der Waals surface area contributed by atoms with Crippen LogP contribution in [0.4, 0.5) is 5.69 Å². The van der Waals surface area contributed by atoms with Crippen molar-refractivity contribution in [3.05, 3.63) is 68.5 Å². The normalized spacial score (nSPS) is 15.4. The second kappa shape index (κ2) is 9.69. The van der Waals surface area contributed by atoms with Gasteiger partial charge in [0, 0.05) is 28.1 Å². The summed E-state index contributed by atoms with van der Waals surface area (Å²) >= 11 is 16.1. The molecule has 1 aliphatic heterocycles. The Morgan fingerprint density at radius 1 is 1.25 bits per heavy atom. The van der Waals surface area contributed by atoms with Gasteiger partial charge in [-0.25, -0.2) is 0 Å². The number of nitrogens with one attached hydrogen (secondary N) is 1. The second-order valence-electron chi connectivity index (χ2n) is 6.02. The van der Waals surface area contributed by atoms with Crippen molar-refractivity contribution in [2.75, 3.05) is 11.9 Å². The SMILES string of the molecule is O=C(CCCN1C(=O)/C(=C\c2ccccc2Cl)SC1=S)Nc1cccc(Br)c1. The van der Waals surface area contributed by atoms with Gasteiger partial charge < -0.3 is 5.32 Å². The highest BCUT2D eigenvalue weighted by atomic mass is 79.9. The van der Waals surface area contributed by atoms with E-state index in [0.29, 0.717) is 33.6 Å². The lowest BCUT2D eigenvalue weighted by Gasteiger charge is -2.14. The monoisotopic (exact) mass is 494 g/mol. The van der Waals surface area contributed by atoms with Crippen molar-refractivity contribution >= 4 is 79.4 Å². The summed E-state index contributed by atoms with van der Waals surface area (Å²) in [7, 11) is 0. The van der Waals surface area contributed by atoms with Crippen LogP contribution in [0.1, 0.15) is 18.4 Å². The van der Waals surface area contributed by atoms with Crippen LogP contribution in [-0.4, -0.2) is 27.6 Å². The van der Waals surface area contributed by atoms with Crippen molar-refractivity contribution in [2.24, 2.45) is 0 Å². The lowest BCUT2D eigenvalue weighted by Crippen LogP contribution is -2.29. The quantitative estimate of drug-likeness (QED) is 0.411. The minimum Gasteiger partial charge on any atom is -0.326 e. The van der Waals surface area contributed by atoms with Gasteiger partial charge in [0.25, 0.3) is 5.91 Å². The molecule has 0 unspecified atom stereocenters. The number of benzene rings is 2.